The van der Waals surface area contributed by atoms with Gasteiger partial charge in [0.1, 0.15) is 0 Å². The summed E-state index contributed by atoms with van der Waals surface area (Å²) in [5.74, 6) is 0.0312. The molecule has 0 aliphatic heterocycles. The van der Waals surface area contributed by atoms with Gasteiger partial charge in [0.05, 0.1) is 5.69 Å². The number of nitrogens with zero attached hydrogens (tertiary/aromatic N) is 1. The molecule has 0 saturated carbocycles. The Bertz CT molecular complexity index is 561. The van der Waals surface area contributed by atoms with Crippen molar-refractivity contribution in [3.05, 3.63) is 39.2 Å². The van der Waals surface area contributed by atoms with Crippen LogP contribution in [0.15, 0.2) is 17.5 Å². The lowest BCUT2D eigenvalue weighted by molar-refractivity contribution is 0.101. The summed E-state index contributed by atoms with van der Waals surface area (Å²) in [6, 6.07) is 4.30. The van der Waals surface area contributed by atoms with Gasteiger partial charge in [0, 0.05) is 17.9 Å². The van der Waals surface area contributed by atoms with Gasteiger partial charge >= 0.3 is 0 Å². The third-order valence-electron chi connectivity index (χ3n) is 2.74. The second-order valence-electron chi connectivity index (χ2n) is 4.37. The summed E-state index contributed by atoms with van der Waals surface area (Å²) < 4.78 is 0. The van der Waals surface area contributed by atoms with Gasteiger partial charge in [-0.1, -0.05) is 17.7 Å². The number of thiazole rings is 1. The Morgan fingerprint density at radius 1 is 1.18 bits per heavy atom. The van der Waals surface area contributed by atoms with Gasteiger partial charge in [0.2, 0.25) is 0 Å². The minimum Gasteiger partial charge on any atom is -0.292 e. The van der Waals surface area contributed by atoms with Gasteiger partial charge in [-0.3, -0.25) is 4.79 Å². The van der Waals surface area contributed by atoms with E-state index < -0.39 is 0 Å². The fourth-order valence-electron chi connectivity index (χ4n) is 2.13. The molecule has 0 aliphatic carbocycles. The molecule has 17 heavy (non-hydrogen) atoms. The molecule has 1 aromatic carbocycles. The van der Waals surface area contributed by atoms with Gasteiger partial charge in [0.25, 0.3) is 0 Å². The summed E-state index contributed by atoms with van der Waals surface area (Å²) in [4.78, 5) is 15.7. The van der Waals surface area contributed by atoms with Crippen molar-refractivity contribution in [2.24, 2.45) is 0 Å². The molecule has 3 heteroatoms. The fraction of sp³-hybridized carbons (Fsp3) is 0.286. The molecule has 0 spiro atoms. The molecule has 88 valence electrons. The van der Waals surface area contributed by atoms with Crippen molar-refractivity contribution in [2.45, 2.75) is 27.7 Å². The molecule has 0 N–H and O–H groups in total. The highest BCUT2D eigenvalue weighted by molar-refractivity contribution is 7.12. The third-order valence-corrected chi connectivity index (χ3v) is 3.68. The molecule has 0 unspecified atom stereocenters. The number of benzene rings is 1. The Balaban J connectivity index is 2.56. The van der Waals surface area contributed by atoms with E-state index in [4.69, 9.17) is 0 Å². The molecule has 0 bridgehead atoms. The standard InChI is InChI=1S/C14H15NOS/c1-8-5-9(2)13(10(3)6-8)12-7-17-14(15-12)11(4)16/h5-7H,1-4H3. The van der Waals surface area contributed by atoms with E-state index in [1.165, 1.54) is 28.0 Å². The predicted octanol–water partition coefficient (Wildman–Crippen LogP) is 3.94. The monoisotopic (exact) mass is 245 g/mol. The Labute approximate surface area is 105 Å². The highest BCUT2D eigenvalue weighted by atomic mass is 32.1. The summed E-state index contributed by atoms with van der Waals surface area (Å²) in [6.45, 7) is 7.81. The zero-order chi connectivity index (χ0) is 12.6. The number of ketones is 1. The molecule has 0 fully saturated rings. The number of hydrogen-bond acceptors (Lipinski definition) is 3. The van der Waals surface area contributed by atoms with E-state index in [2.05, 4.69) is 37.9 Å². The third kappa shape index (κ3) is 2.29. The highest BCUT2D eigenvalue weighted by Crippen LogP contribution is 2.29. The van der Waals surface area contributed by atoms with Gasteiger partial charge in [-0.15, -0.1) is 11.3 Å². The summed E-state index contributed by atoms with van der Waals surface area (Å²) in [5, 5.41) is 2.54. The Morgan fingerprint density at radius 3 is 2.24 bits per heavy atom. The van der Waals surface area contributed by atoms with Crippen LogP contribution in [0, 0.1) is 20.8 Å². The van der Waals surface area contributed by atoms with E-state index >= 15 is 0 Å². The van der Waals surface area contributed by atoms with Gasteiger partial charge < -0.3 is 0 Å². The van der Waals surface area contributed by atoms with Gasteiger partial charge in [-0.25, -0.2) is 4.98 Å². The zero-order valence-electron chi connectivity index (χ0n) is 10.5. The molecular weight excluding hydrogens is 230 g/mol. The van der Waals surface area contributed by atoms with E-state index in [9.17, 15) is 4.79 Å². The molecule has 0 saturated heterocycles. The first kappa shape index (κ1) is 12.0. The van der Waals surface area contributed by atoms with Crippen molar-refractivity contribution in [3.63, 3.8) is 0 Å². The molecule has 1 aromatic heterocycles. The molecule has 0 aliphatic rings. The maximum absolute atomic E-state index is 11.3. The quantitative estimate of drug-likeness (QED) is 0.750. The molecular formula is C14H15NOS. The summed E-state index contributed by atoms with van der Waals surface area (Å²) in [5.41, 5.74) is 5.74. The lowest BCUT2D eigenvalue weighted by Gasteiger charge is -2.08. The zero-order valence-corrected chi connectivity index (χ0v) is 11.3. The van der Waals surface area contributed by atoms with Crippen molar-refractivity contribution in [3.8, 4) is 11.3 Å². The fourth-order valence-corrected chi connectivity index (χ4v) is 2.85. The Kier molecular flexibility index (Phi) is 3.11. The first-order valence-electron chi connectivity index (χ1n) is 5.53. The smallest absolute Gasteiger partial charge is 0.188 e. The number of carbonyl (C=O) groups is 1. The molecule has 0 amide bonds. The maximum Gasteiger partial charge on any atom is 0.188 e. The molecule has 2 rings (SSSR count). The number of Topliss-reactive ketones (excluding diaryl/α,β-unsaturated/α-hetero) is 1. The van der Waals surface area contributed by atoms with Gasteiger partial charge in [0.15, 0.2) is 10.8 Å². The topological polar surface area (TPSA) is 30.0 Å². The normalized spacial score (nSPS) is 10.6. The van der Waals surface area contributed by atoms with E-state index in [1.807, 2.05) is 5.38 Å². The van der Waals surface area contributed by atoms with Crippen LogP contribution in [0.5, 0.6) is 0 Å². The van der Waals surface area contributed by atoms with Crippen LogP contribution >= 0.6 is 11.3 Å². The minimum absolute atomic E-state index is 0.0312. The van der Waals surface area contributed by atoms with Crippen molar-refractivity contribution in [1.29, 1.82) is 0 Å². The largest absolute Gasteiger partial charge is 0.292 e. The van der Waals surface area contributed by atoms with Crippen molar-refractivity contribution < 1.29 is 4.79 Å². The van der Waals surface area contributed by atoms with E-state index in [0.717, 1.165) is 11.3 Å². The van der Waals surface area contributed by atoms with Gasteiger partial charge in [-0.2, -0.15) is 0 Å². The highest BCUT2D eigenvalue weighted by Gasteiger charge is 2.12. The van der Waals surface area contributed by atoms with Crippen LogP contribution < -0.4 is 0 Å². The lowest BCUT2D eigenvalue weighted by atomic mass is 9.98. The van der Waals surface area contributed by atoms with Crippen LogP contribution in [0.25, 0.3) is 11.3 Å². The number of aromatic nitrogens is 1. The van der Waals surface area contributed by atoms with Crippen LogP contribution in [-0.2, 0) is 0 Å². The number of rotatable bonds is 2. The minimum atomic E-state index is 0.0312. The Morgan fingerprint density at radius 2 is 1.76 bits per heavy atom. The van der Waals surface area contributed by atoms with Crippen LogP contribution in [-0.4, -0.2) is 10.8 Å². The van der Waals surface area contributed by atoms with Gasteiger partial charge in [-0.05, 0) is 31.9 Å². The van der Waals surface area contributed by atoms with E-state index in [1.54, 1.807) is 6.92 Å². The summed E-state index contributed by atoms with van der Waals surface area (Å²) in [6.07, 6.45) is 0. The Hall–Kier alpha value is -1.48. The van der Waals surface area contributed by atoms with E-state index in [0.29, 0.717) is 5.01 Å². The number of aryl methyl sites for hydroxylation is 3. The van der Waals surface area contributed by atoms with Crippen LogP contribution in [0.1, 0.15) is 33.4 Å². The van der Waals surface area contributed by atoms with Crippen molar-refractivity contribution >= 4 is 17.1 Å². The summed E-state index contributed by atoms with van der Waals surface area (Å²) >= 11 is 1.41. The second kappa shape index (κ2) is 4.41. The number of carbonyl (C=O) groups excluding carboxylic acids is 1. The van der Waals surface area contributed by atoms with Crippen molar-refractivity contribution in [1.82, 2.24) is 4.98 Å². The van der Waals surface area contributed by atoms with Crippen LogP contribution in [0.3, 0.4) is 0 Å². The molecule has 0 atom stereocenters. The van der Waals surface area contributed by atoms with E-state index in [-0.39, 0.29) is 5.78 Å². The van der Waals surface area contributed by atoms with Crippen molar-refractivity contribution in [2.75, 3.05) is 0 Å². The average Bonchev–Trinajstić information content (AvgIpc) is 2.65. The predicted molar refractivity (Wildman–Crippen MR) is 71.8 cm³/mol. The first-order chi connectivity index (χ1) is 7.99. The number of hydrogen-bond donors (Lipinski definition) is 0. The molecule has 2 nitrogen and oxygen atoms in total. The first-order valence-corrected chi connectivity index (χ1v) is 6.41. The average molecular weight is 245 g/mol. The maximum atomic E-state index is 11.3. The molecule has 1 heterocycles. The van der Waals surface area contributed by atoms with Crippen LogP contribution in [0.4, 0.5) is 0 Å². The molecule has 0 radical (unpaired) electrons. The SMILES string of the molecule is CC(=O)c1nc(-c2c(C)cc(C)cc2C)cs1. The second-order valence-corrected chi connectivity index (χ2v) is 5.23. The molecule has 2 aromatic rings. The van der Waals surface area contributed by atoms with Crippen LogP contribution in [0.2, 0.25) is 0 Å². The summed E-state index contributed by atoms with van der Waals surface area (Å²) in [7, 11) is 0. The lowest BCUT2D eigenvalue weighted by Crippen LogP contribution is -1.93.